The quantitative estimate of drug-likeness (QED) is 0.705. The van der Waals surface area contributed by atoms with Crippen molar-refractivity contribution in [1.29, 1.82) is 0 Å². The van der Waals surface area contributed by atoms with E-state index in [9.17, 15) is 9.59 Å². The van der Waals surface area contributed by atoms with Crippen LogP contribution in [0.4, 0.5) is 11.4 Å². The Hall–Kier alpha value is -3.34. The number of anilines is 2. The fourth-order valence-electron chi connectivity index (χ4n) is 3.54. The first-order valence-corrected chi connectivity index (χ1v) is 9.54. The summed E-state index contributed by atoms with van der Waals surface area (Å²) < 4.78 is 5.22. The van der Waals surface area contributed by atoms with Crippen molar-refractivity contribution in [3.05, 3.63) is 83.3 Å². The number of aryl methyl sites for hydroxylation is 1. The highest BCUT2D eigenvalue weighted by molar-refractivity contribution is 6.07. The first-order chi connectivity index (χ1) is 13.7. The molecule has 0 bridgehead atoms. The minimum atomic E-state index is -0.146. The fourth-order valence-corrected chi connectivity index (χ4v) is 3.54. The molecule has 1 aliphatic heterocycles. The number of carbonyl (C=O) groups excluding carboxylic acids is 2. The van der Waals surface area contributed by atoms with E-state index < -0.39 is 0 Å². The van der Waals surface area contributed by atoms with Crippen LogP contribution in [0.2, 0.25) is 0 Å². The third-order valence-electron chi connectivity index (χ3n) is 4.96. The molecule has 1 aliphatic rings. The number of benzene rings is 2. The van der Waals surface area contributed by atoms with Gasteiger partial charge in [-0.05, 0) is 66.4 Å². The van der Waals surface area contributed by atoms with Crippen molar-refractivity contribution in [2.45, 2.75) is 26.2 Å². The van der Waals surface area contributed by atoms with Gasteiger partial charge in [0, 0.05) is 23.5 Å². The van der Waals surface area contributed by atoms with Crippen LogP contribution < -0.4 is 10.2 Å². The Morgan fingerprint density at radius 3 is 2.64 bits per heavy atom. The molecule has 0 fully saturated rings. The first-order valence-electron chi connectivity index (χ1n) is 9.54. The van der Waals surface area contributed by atoms with E-state index in [1.54, 1.807) is 17.0 Å². The minimum Gasteiger partial charge on any atom is -0.459 e. The first kappa shape index (κ1) is 18.0. The van der Waals surface area contributed by atoms with Gasteiger partial charge in [-0.2, -0.15) is 0 Å². The zero-order chi connectivity index (χ0) is 19.5. The SMILES string of the molecule is CCCc1ccc(C(=O)Nc2ccc3c(c2)CCN3C(=O)c2ccco2)cc1. The lowest BCUT2D eigenvalue weighted by Crippen LogP contribution is -2.28. The van der Waals surface area contributed by atoms with E-state index in [2.05, 4.69) is 12.2 Å². The molecule has 1 N–H and O–H groups in total. The maximum absolute atomic E-state index is 12.6. The van der Waals surface area contributed by atoms with Gasteiger partial charge in [-0.15, -0.1) is 0 Å². The molecule has 5 nitrogen and oxygen atoms in total. The van der Waals surface area contributed by atoms with E-state index in [1.165, 1.54) is 11.8 Å². The number of fused-ring (bicyclic) bond motifs is 1. The molecule has 0 radical (unpaired) electrons. The summed E-state index contributed by atoms with van der Waals surface area (Å²) in [7, 11) is 0. The maximum atomic E-state index is 12.6. The van der Waals surface area contributed by atoms with Crippen LogP contribution in [0.3, 0.4) is 0 Å². The summed E-state index contributed by atoms with van der Waals surface area (Å²) in [5.41, 5.74) is 4.50. The molecule has 142 valence electrons. The number of nitrogens with one attached hydrogen (secondary N) is 1. The lowest BCUT2D eigenvalue weighted by molar-refractivity contribution is 0.0962. The minimum absolute atomic E-state index is 0.135. The second-order valence-corrected chi connectivity index (χ2v) is 6.93. The largest absolute Gasteiger partial charge is 0.459 e. The average Bonchev–Trinajstić information content (AvgIpc) is 3.38. The third kappa shape index (κ3) is 3.56. The van der Waals surface area contributed by atoms with Crippen molar-refractivity contribution in [3.8, 4) is 0 Å². The van der Waals surface area contributed by atoms with Gasteiger partial charge in [0.25, 0.3) is 11.8 Å². The average molecular weight is 374 g/mol. The molecule has 2 amide bonds. The topological polar surface area (TPSA) is 62.6 Å². The zero-order valence-corrected chi connectivity index (χ0v) is 15.8. The summed E-state index contributed by atoms with van der Waals surface area (Å²) in [6, 6.07) is 16.7. The van der Waals surface area contributed by atoms with Gasteiger partial charge >= 0.3 is 0 Å². The summed E-state index contributed by atoms with van der Waals surface area (Å²) in [6.45, 7) is 2.74. The number of furan rings is 1. The highest BCUT2D eigenvalue weighted by Gasteiger charge is 2.27. The Bertz CT molecular complexity index is 991. The number of carbonyl (C=O) groups is 2. The van der Waals surface area contributed by atoms with E-state index in [1.807, 2.05) is 42.5 Å². The summed E-state index contributed by atoms with van der Waals surface area (Å²) >= 11 is 0. The molecule has 0 atom stereocenters. The predicted octanol–water partition coefficient (Wildman–Crippen LogP) is 4.69. The van der Waals surface area contributed by atoms with Crippen molar-refractivity contribution in [2.24, 2.45) is 0 Å². The molecule has 0 saturated carbocycles. The Morgan fingerprint density at radius 2 is 1.93 bits per heavy atom. The van der Waals surface area contributed by atoms with Crippen LogP contribution >= 0.6 is 0 Å². The van der Waals surface area contributed by atoms with Crippen molar-refractivity contribution >= 4 is 23.2 Å². The van der Waals surface area contributed by atoms with Crippen molar-refractivity contribution in [3.63, 3.8) is 0 Å². The Balaban J connectivity index is 1.47. The summed E-state index contributed by atoms with van der Waals surface area (Å²) in [5.74, 6) is 0.0500. The molecule has 4 rings (SSSR count). The van der Waals surface area contributed by atoms with Crippen molar-refractivity contribution < 1.29 is 14.0 Å². The molecule has 1 aromatic heterocycles. The second-order valence-electron chi connectivity index (χ2n) is 6.93. The Labute approximate surface area is 164 Å². The van der Waals surface area contributed by atoms with Crippen LogP contribution in [-0.4, -0.2) is 18.4 Å². The van der Waals surface area contributed by atoms with Gasteiger partial charge < -0.3 is 14.6 Å². The summed E-state index contributed by atoms with van der Waals surface area (Å²) in [5, 5.41) is 2.95. The highest BCUT2D eigenvalue weighted by Crippen LogP contribution is 2.31. The van der Waals surface area contributed by atoms with Crippen LogP contribution in [0.1, 0.15) is 45.4 Å². The Morgan fingerprint density at radius 1 is 1.11 bits per heavy atom. The van der Waals surface area contributed by atoms with Crippen LogP contribution in [0.15, 0.2) is 65.3 Å². The molecular weight excluding hydrogens is 352 g/mol. The van der Waals surface area contributed by atoms with E-state index in [4.69, 9.17) is 4.42 Å². The normalized spacial score (nSPS) is 12.7. The molecule has 5 heteroatoms. The molecule has 3 aromatic rings. The third-order valence-corrected chi connectivity index (χ3v) is 4.96. The van der Waals surface area contributed by atoms with Crippen molar-refractivity contribution in [1.82, 2.24) is 0 Å². The van der Waals surface area contributed by atoms with Gasteiger partial charge in [0.1, 0.15) is 0 Å². The zero-order valence-electron chi connectivity index (χ0n) is 15.8. The molecule has 0 unspecified atom stereocenters. The van der Waals surface area contributed by atoms with Gasteiger partial charge in [-0.3, -0.25) is 9.59 Å². The lowest BCUT2D eigenvalue weighted by Gasteiger charge is -2.16. The molecular formula is C23H22N2O3. The number of amides is 2. The van der Waals surface area contributed by atoms with Crippen LogP contribution in [0.25, 0.3) is 0 Å². The Kier molecular flexibility index (Phi) is 4.98. The molecule has 28 heavy (non-hydrogen) atoms. The number of rotatable bonds is 5. The van der Waals surface area contributed by atoms with E-state index in [-0.39, 0.29) is 11.8 Å². The summed E-state index contributed by atoms with van der Waals surface area (Å²) in [4.78, 5) is 26.8. The van der Waals surface area contributed by atoms with Gasteiger partial charge in [-0.25, -0.2) is 0 Å². The van der Waals surface area contributed by atoms with Gasteiger partial charge in [0.15, 0.2) is 5.76 Å². The van der Waals surface area contributed by atoms with Gasteiger partial charge in [-0.1, -0.05) is 25.5 Å². The van der Waals surface area contributed by atoms with E-state index in [0.717, 1.165) is 36.2 Å². The standard InChI is InChI=1S/C23H22N2O3/c1-2-4-16-6-8-17(9-7-16)22(26)24-19-10-11-20-18(15-19)12-13-25(20)23(27)21-5-3-14-28-21/h3,5-11,14-15H,2,4,12-13H2,1H3,(H,24,26). The highest BCUT2D eigenvalue weighted by atomic mass is 16.3. The maximum Gasteiger partial charge on any atom is 0.293 e. The monoisotopic (exact) mass is 374 g/mol. The summed E-state index contributed by atoms with van der Waals surface area (Å²) in [6.07, 6.45) is 4.34. The van der Waals surface area contributed by atoms with Crippen molar-refractivity contribution in [2.75, 3.05) is 16.8 Å². The van der Waals surface area contributed by atoms with Crippen LogP contribution in [-0.2, 0) is 12.8 Å². The molecule has 0 saturated heterocycles. The van der Waals surface area contributed by atoms with E-state index >= 15 is 0 Å². The van der Waals surface area contributed by atoms with E-state index in [0.29, 0.717) is 17.9 Å². The van der Waals surface area contributed by atoms with Gasteiger partial charge in [0.05, 0.1) is 6.26 Å². The predicted molar refractivity (Wildman–Crippen MR) is 109 cm³/mol. The fraction of sp³-hybridized carbons (Fsp3) is 0.217. The molecule has 2 aromatic carbocycles. The molecule has 0 aliphatic carbocycles. The smallest absolute Gasteiger partial charge is 0.293 e. The van der Waals surface area contributed by atoms with Crippen LogP contribution in [0.5, 0.6) is 0 Å². The number of hydrogen-bond donors (Lipinski definition) is 1. The number of hydrogen-bond acceptors (Lipinski definition) is 3. The van der Waals surface area contributed by atoms with Gasteiger partial charge in [0.2, 0.25) is 0 Å². The lowest BCUT2D eigenvalue weighted by atomic mass is 10.1. The number of nitrogens with zero attached hydrogens (tertiary/aromatic N) is 1. The molecule has 2 heterocycles. The van der Waals surface area contributed by atoms with Crippen LogP contribution in [0, 0.1) is 0 Å². The second kappa shape index (κ2) is 7.72. The molecule has 0 spiro atoms.